The van der Waals surface area contributed by atoms with E-state index in [-0.39, 0.29) is 36.8 Å². The highest BCUT2D eigenvalue weighted by molar-refractivity contribution is 7.17. The lowest BCUT2D eigenvalue weighted by atomic mass is 9.95. The first-order chi connectivity index (χ1) is 10.6. The van der Waals surface area contributed by atoms with E-state index >= 15 is 0 Å². The third kappa shape index (κ3) is 4.70. The maximum Gasteiger partial charge on any atom is 0.263 e. The van der Waals surface area contributed by atoms with Gasteiger partial charge >= 0.3 is 0 Å². The van der Waals surface area contributed by atoms with Gasteiger partial charge in [-0.1, -0.05) is 37.3 Å². The lowest BCUT2D eigenvalue weighted by molar-refractivity contribution is 0.0918. The van der Waals surface area contributed by atoms with E-state index in [1.165, 1.54) is 11.3 Å². The molecule has 7 heteroatoms. The molecule has 2 atom stereocenters. The van der Waals surface area contributed by atoms with E-state index in [0.717, 1.165) is 40.7 Å². The number of piperidine rings is 1. The molecule has 0 radical (unpaired) electrons. The van der Waals surface area contributed by atoms with Gasteiger partial charge in [0, 0.05) is 18.2 Å². The first kappa shape index (κ1) is 20.9. The molecular formula is C17H23Cl2N3OS. The molecule has 2 aromatic rings. The van der Waals surface area contributed by atoms with Crippen LogP contribution in [0, 0.1) is 12.8 Å². The van der Waals surface area contributed by atoms with Gasteiger partial charge in [0.25, 0.3) is 5.91 Å². The van der Waals surface area contributed by atoms with Gasteiger partial charge in [0.1, 0.15) is 9.88 Å². The predicted octanol–water partition coefficient (Wildman–Crippen LogP) is 3.69. The van der Waals surface area contributed by atoms with Crippen molar-refractivity contribution in [2.45, 2.75) is 26.3 Å². The van der Waals surface area contributed by atoms with Crippen molar-refractivity contribution in [3.05, 3.63) is 40.9 Å². The number of hydrogen-bond donors (Lipinski definition) is 2. The molecule has 0 spiro atoms. The molecule has 1 saturated heterocycles. The van der Waals surface area contributed by atoms with Crippen molar-refractivity contribution in [3.8, 4) is 10.6 Å². The van der Waals surface area contributed by atoms with Crippen molar-refractivity contribution in [3.63, 3.8) is 0 Å². The standard InChI is InChI=1S/C17H21N3OS.2ClH/c1-11-8-9-18-10-14(11)20-16(21)15-12(2)19-17(22-15)13-6-4-3-5-7-13;;/h3-7,11,14,18H,8-10H2,1-2H3,(H,20,21);2*1H. The Morgan fingerprint density at radius 1 is 1.29 bits per heavy atom. The summed E-state index contributed by atoms with van der Waals surface area (Å²) < 4.78 is 0. The molecule has 24 heavy (non-hydrogen) atoms. The number of hydrogen-bond acceptors (Lipinski definition) is 4. The minimum Gasteiger partial charge on any atom is -0.347 e. The van der Waals surface area contributed by atoms with E-state index in [2.05, 4.69) is 22.5 Å². The second-order valence-corrected chi connectivity index (χ2v) is 6.85. The van der Waals surface area contributed by atoms with Crippen molar-refractivity contribution in [2.24, 2.45) is 5.92 Å². The summed E-state index contributed by atoms with van der Waals surface area (Å²) in [7, 11) is 0. The lowest BCUT2D eigenvalue weighted by Gasteiger charge is -2.30. The zero-order valence-electron chi connectivity index (χ0n) is 13.7. The summed E-state index contributed by atoms with van der Waals surface area (Å²) in [6.07, 6.45) is 1.10. The highest BCUT2D eigenvalue weighted by atomic mass is 35.5. The second kappa shape index (κ2) is 9.37. The summed E-state index contributed by atoms with van der Waals surface area (Å²) in [6.45, 7) is 5.97. The summed E-state index contributed by atoms with van der Waals surface area (Å²) in [5.41, 5.74) is 1.86. The number of benzene rings is 1. The molecule has 132 valence electrons. The Morgan fingerprint density at radius 2 is 2.00 bits per heavy atom. The van der Waals surface area contributed by atoms with Gasteiger partial charge in [-0.05, 0) is 25.8 Å². The number of aryl methyl sites for hydroxylation is 1. The molecule has 4 nitrogen and oxygen atoms in total. The third-order valence-corrected chi connectivity index (χ3v) is 5.37. The molecule has 2 N–H and O–H groups in total. The summed E-state index contributed by atoms with van der Waals surface area (Å²) in [6, 6.07) is 10.2. The van der Waals surface area contributed by atoms with Gasteiger partial charge in [-0.15, -0.1) is 36.2 Å². The molecule has 2 heterocycles. The number of carbonyl (C=O) groups excluding carboxylic acids is 1. The molecule has 2 unspecified atom stereocenters. The third-order valence-electron chi connectivity index (χ3n) is 4.17. The second-order valence-electron chi connectivity index (χ2n) is 5.85. The molecule has 1 aromatic carbocycles. The number of thiazole rings is 1. The number of amides is 1. The highest BCUT2D eigenvalue weighted by Gasteiger charge is 2.25. The average molecular weight is 388 g/mol. The molecule has 1 fully saturated rings. The number of halogens is 2. The van der Waals surface area contributed by atoms with E-state index in [1.54, 1.807) is 0 Å². The van der Waals surface area contributed by atoms with E-state index in [9.17, 15) is 4.79 Å². The smallest absolute Gasteiger partial charge is 0.263 e. The minimum atomic E-state index is -0.00210. The van der Waals surface area contributed by atoms with Gasteiger partial charge < -0.3 is 10.6 Å². The summed E-state index contributed by atoms with van der Waals surface area (Å²) >= 11 is 1.47. The summed E-state index contributed by atoms with van der Waals surface area (Å²) in [5.74, 6) is 0.504. The number of nitrogens with one attached hydrogen (secondary N) is 2. The van der Waals surface area contributed by atoms with Crippen molar-refractivity contribution in [1.29, 1.82) is 0 Å². The maximum absolute atomic E-state index is 12.6. The maximum atomic E-state index is 12.6. The number of carbonyl (C=O) groups is 1. The van der Waals surface area contributed by atoms with Crippen LogP contribution in [0.5, 0.6) is 0 Å². The van der Waals surface area contributed by atoms with Crippen LogP contribution >= 0.6 is 36.2 Å². The Labute approximate surface area is 159 Å². The number of aromatic nitrogens is 1. The van der Waals surface area contributed by atoms with E-state index < -0.39 is 0 Å². The Hall–Kier alpha value is -1.14. The van der Waals surface area contributed by atoms with Gasteiger partial charge in [-0.2, -0.15) is 0 Å². The van der Waals surface area contributed by atoms with Crippen LogP contribution in [0.1, 0.15) is 28.7 Å². The van der Waals surface area contributed by atoms with Crippen molar-refractivity contribution < 1.29 is 4.79 Å². The Kier molecular flexibility index (Phi) is 8.16. The summed E-state index contributed by atoms with van der Waals surface area (Å²) in [4.78, 5) is 17.8. The molecule has 0 aliphatic carbocycles. The molecule has 0 saturated carbocycles. The lowest BCUT2D eigenvalue weighted by Crippen LogP contribution is -2.50. The van der Waals surface area contributed by atoms with E-state index in [0.29, 0.717) is 5.92 Å². The quantitative estimate of drug-likeness (QED) is 0.843. The molecule has 1 aliphatic heterocycles. The highest BCUT2D eigenvalue weighted by Crippen LogP contribution is 2.28. The number of nitrogens with zero attached hydrogens (tertiary/aromatic N) is 1. The first-order valence-corrected chi connectivity index (χ1v) is 8.51. The van der Waals surface area contributed by atoms with Crippen LogP contribution in [0.3, 0.4) is 0 Å². The topological polar surface area (TPSA) is 54.0 Å². The molecule has 1 aromatic heterocycles. The van der Waals surface area contributed by atoms with Crippen LogP contribution in [0.2, 0.25) is 0 Å². The zero-order chi connectivity index (χ0) is 15.5. The van der Waals surface area contributed by atoms with E-state index in [4.69, 9.17) is 0 Å². The fraction of sp³-hybridized carbons (Fsp3) is 0.412. The fourth-order valence-electron chi connectivity index (χ4n) is 2.73. The van der Waals surface area contributed by atoms with Crippen LogP contribution in [0.15, 0.2) is 30.3 Å². The summed E-state index contributed by atoms with van der Waals surface area (Å²) in [5, 5.41) is 7.40. The van der Waals surface area contributed by atoms with Crippen molar-refractivity contribution >= 4 is 42.1 Å². The molecule has 3 rings (SSSR count). The molecule has 1 amide bonds. The largest absolute Gasteiger partial charge is 0.347 e. The SMILES string of the molecule is Cc1nc(-c2ccccc2)sc1C(=O)NC1CNCCC1C.Cl.Cl. The Morgan fingerprint density at radius 3 is 2.67 bits per heavy atom. The van der Waals surface area contributed by atoms with Crippen LogP contribution < -0.4 is 10.6 Å². The van der Waals surface area contributed by atoms with Crippen LogP contribution in [0.25, 0.3) is 10.6 Å². The predicted molar refractivity (Wildman–Crippen MR) is 105 cm³/mol. The van der Waals surface area contributed by atoms with Crippen LogP contribution in [0.4, 0.5) is 0 Å². The van der Waals surface area contributed by atoms with Gasteiger partial charge in [0.2, 0.25) is 0 Å². The van der Waals surface area contributed by atoms with E-state index in [1.807, 2.05) is 37.3 Å². The van der Waals surface area contributed by atoms with Gasteiger partial charge in [-0.25, -0.2) is 4.98 Å². The first-order valence-electron chi connectivity index (χ1n) is 7.69. The Balaban J connectivity index is 0.00000144. The van der Waals surface area contributed by atoms with Gasteiger partial charge in [-0.3, -0.25) is 4.79 Å². The fourth-order valence-corrected chi connectivity index (χ4v) is 3.70. The number of rotatable bonds is 3. The molecule has 0 bridgehead atoms. The zero-order valence-corrected chi connectivity index (χ0v) is 16.2. The van der Waals surface area contributed by atoms with Crippen LogP contribution in [-0.4, -0.2) is 30.0 Å². The van der Waals surface area contributed by atoms with Crippen LogP contribution in [-0.2, 0) is 0 Å². The monoisotopic (exact) mass is 387 g/mol. The Bertz CT molecular complexity index is 663. The normalized spacial score (nSPS) is 19.8. The molecular weight excluding hydrogens is 365 g/mol. The van der Waals surface area contributed by atoms with Gasteiger partial charge in [0.05, 0.1) is 5.69 Å². The minimum absolute atomic E-state index is 0. The van der Waals surface area contributed by atoms with Crippen molar-refractivity contribution in [2.75, 3.05) is 13.1 Å². The average Bonchev–Trinajstić information content (AvgIpc) is 2.92. The van der Waals surface area contributed by atoms with Crippen molar-refractivity contribution in [1.82, 2.24) is 15.6 Å². The van der Waals surface area contributed by atoms with Gasteiger partial charge in [0.15, 0.2) is 0 Å². The molecule has 1 aliphatic rings.